The Hall–Kier alpha value is -2.95. The predicted molar refractivity (Wildman–Crippen MR) is 94.1 cm³/mol. The van der Waals surface area contributed by atoms with Crippen LogP contribution < -0.4 is 15.6 Å². The van der Waals surface area contributed by atoms with Crippen molar-refractivity contribution in [1.82, 2.24) is 15.3 Å². The first-order valence-corrected chi connectivity index (χ1v) is 8.46. The van der Waals surface area contributed by atoms with Gasteiger partial charge in [0.1, 0.15) is 11.5 Å². The average Bonchev–Trinajstić information content (AvgIpc) is 2.61. The fraction of sp³-hybridized carbons (Fsp3) is 0.389. The highest BCUT2D eigenvalue weighted by atomic mass is 19.4. The molecule has 1 aromatic heterocycles. The van der Waals surface area contributed by atoms with Crippen LogP contribution in [0.2, 0.25) is 0 Å². The van der Waals surface area contributed by atoms with Gasteiger partial charge in [0.25, 0.3) is 11.5 Å². The second-order valence-electron chi connectivity index (χ2n) is 6.39. The van der Waals surface area contributed by atoms with Gasteiger partial charge in [0.2, 0.25) is 0 Å². The molecule has 0 radical (unpaired) electrons. The summed E-state index contributed by atoms with van der Waals surface area (Å²) in [5.74, 6) is -2.81. The molecule has 0 fully saturated rings. The standard InChI is InChI=1S/C18H19F4N3O4/c1-9(2)16-23-12(7-15(26)25-16)17(27)24-13(8-28-3)10-4-5-14(11(19)6-10)29-18(20,21)22/h4-7,9,13H,8H2,1-3H3,(H,24,27)(H,23,25,26)/t13-/m1/s1. The Morgan fingerprint density at radius 2 is 1.97 bits per heavy atom. The molecule has 1 heterocycles. The molecular weight excluding hydrogens is 398 g/mol. The van der Waals surface area contributed by atoms with Gasteiger partial charge in [0.15, 0.2) is 11.6 Å². The van der Waals surface area contributed by atoms with E-state index < -0.39 is 35.4 Å². The largest absolute Gasteiger partial charge is 0.573 e. The number of H-pyrrole nitrogens is 1. The van der Waals surface area contributed by atoms with Crippen LogP contribution in [0.1, 0.15) is 47.7 Å². The van der Waals surface area contributed by atoms with Crippen molar-refractivity contribution in [2.24, 2.45) is 0 Å². The highest BCUT2D eigenvalue weighted by Gasteiger charge is 2.32. The zero-order valence-electron chi connectivity index (χ0n) is 15.8. The molecule has 2 N–H and O–H groups in total. The number of benzene rings is 1. The highest BCUT2D eigenvalue weighted by molar-refractivity contribution is 5.92. The molecule has 1 aromatic carbocycles. The van der Waals surface area contributed by atoms with E-state index in [9.17, 15) is 27.2 Å². The van der Waals surface area contributed by atoms with Gasteiger partial charge in [-0.2, -0.15) is 0 Å². The Labute approximate surface area is 163 Å². The number of aromatic amines is 1. The molecule has 0 unspecified atom stereocenters. The molecule has 7 nitrogen and oxygen atoms in total. The molecule has 0 spiro atoms. The molecule has 29 heavy (non-hydrogen) atoms. The Morgan fingerprint density at radius 3 is 2.52 bits per heavy atom. The lowest BCUT2D eigenvalue weighted by molar-refractivity contribution is -0.275. The molecule has 11 heteroatoms. The van der Waals surface area contributed by atoms with Gasteiger partial charge in [-0.05, 0) is 17.7 Å². The Morgan fingerprint density at radius 1 is 1.28 bits per heavy atom. The molecule has 0 bridgehead atoms. The number of carbonyl (C=O) groups excluding carboxylic acids is 1. The van der Waals surface area contributed by atoms with Crippen molar-refractivity contribution in [3.05, 3.63) is 57.5 Å². The molecule has 0 saturated carbocycles. The lowest BCUT2D eigenvalue weighted by Crippen LogP contribution is -2.33. The van der Waals surface area contributed by atoms with Crippen molar-refractivity contribution in [1.29, 1.82) is 0 Å². The molecule has 0 saturated heterocycles. The number of rotatable bonds is 7. The van der Waals surface area contributed by atoms with Gasteiger partial charge in [-0.25, -0.2) is 9.37 Å². The summed E-state index contributed by atoms with van der Waals surface area (Å²) in [6.45, 7) is 3.45. The summed E-state index contributed by atoms with van der Waals surface area (Å²) < 4.78 is 59.4. The number of hydrogen-bond acceptors (Lipinski definition) is 5. The lowest BCUT2D eigenvalue weighted by Gasteiger charge is -2.19. The normalized spacial score (nSPS) is 12.7. The monoisotopic (exact) mass is 417 g/mol. The van der Waals surface area contributed by atoms with Crippen LogP contribution >= 0.6 is 0 Å². The third kappa shape index (κ3) is 6.28. The zero-order valence-corrected chi connectivity index (χ0v) is 15.8. The first-order chi connectivity index (χ1) is 13.5. The Kier molecular flexibility index (Phi) is 6.96. The van der Waals surface area contributed by atoms with E-state index in [1.165, 1.54) is 13.2 Å². The minimum Gasteiger partial charge on any atom is -0.403 e. The van der Waals surface area contributed by atoms with Crippen LogP contribution in [0.25, 0.3) is 0 Å². The summed E-state index contributed by atoms with van der Waals surface area (Å²) in [5.41, 5.74) is -0.533. The number of nitrogens with zero attached hydrogens (tertiary/aromatic N) is 1. The molecule has 1 amide bonds. The highest BCUT2D eigenvalue weighted by Crippen LogP contribution is 2.28. The van der Waals surface area contributed by atoms with E-state index in [0.717, 1.165) is 18.2 Å². The first-order valence-electron chi connectivity index (χ1n) is 8.46. The second kappa shape index (κ2) is 9.03. The van der Waals surface area contributed by atoms with Gasteiger partial charge in [-0.1, -0.05) is 19.9 Å². The quantitative estimate of drug-likeness (QED) is 0.676. The van der Waals surface area contributed by atoms with E-state index in [2.05, 4.69) is 20.0 Å². The predicted octanol–water partition coefficient (Wildman–Crippen LogP) is 3.05. The molecule has 0 aliphatic rings. The molecular formula is C18H19F4N3O4. The number of aromatic nitrogens is 2. The van der Waals surface area contributed by atoms with Crippen molar-refractivity contribution in [3.63, 3.8) is 0 Å². The number of nitrogens with one attached hydrogen (secondary N) is 2. The van der Waals surface area contributed by atoms with Gasteiger partial charge in [-0.3, -0.25) is 9.59 Å². The van der Waals surface area contributed by atoms with Crippen LogP contribution in [0.4, 0.5) is 17.6 Å². The number of amides is 1. The maximum absolute atomic E-state index is 14.0. The molecule has 158 valence electrons. The van der Waals surface area contributed by atoms with Crippen LogP contribution in [0.5, 0.6) is 5.75 Å². The van der Waals surface area contributed by atoms with Gasteiger partial charge in [-0.15, -0.1) is 13.2 Å². The summed E-state index contributed by atoms with van der Waals surface area (Å²) in [7, 11) is 1.33. The van der Waals surface area contributed by atoms with E-state index in [-0.39, 0.29) is 23.8 Å². The maximum atomic E-state index is 14.0. The average molecular weight is 417 g/mol. The smallest absolute Gasteiger partial charge is 0.403 e. The van der Waals surface area contributed by atoms with Crippen LogP contribution in [0.3, 0.4) is 0 Å². The number of halogens is 4. The van der Waals surface area contributed by atoms with Crippen molar-refractivity contribution >= 4 is 5.91 Å². The van der Waals surface area contributed by atoms with Crippen LogP contribution in [0.15, 0.2) is 29.1 Å². The van der Waals surface area contributed by atoms with Gasteiger partial charge < -0.3 is 19.8 Å². The van der Waals surface area contributed by atoms with Gasteiger partial charge >= 0.3 is 6.36 Å². The van der Waals surface area contributed by atoms with E-state index >= 15 is 0 Å². The third-order valence-electron chi connectivity index (χ3n) is 3.76. The fourth-order valence-electron chi connectivity index (χ4n) is 2.43. The van der Waals surface area contributed by atoms with E-state index in [0.29, 0.717) is 5.82 Å². The molecule has 0 aliphatic heterocycles. The first kappa shape index (κ1) is 22.3. The van der Waals surface area contributed by atoms with Crippen LogP contribution in [-0.2, 0) is 4.74 Å². The Balaban J connectivity index is 2.27. The Bertz CT molecular complexity index is 928. The van der Waals surface area contributed by atoms with Gasteiger partial charge in [0.05, 0.1) is 12.6 Å². The summed E-state index contributed by atoms with van der Waals surface area (Å²) in [5, 5.41) is 2.53. The molecule has 2 aromatic rings. The van der Waals surface area contributed by atoms with Crippen LogP contribution in [-0.4, -0.2) is 36.0 Å². The molecule has 1 atom stereocenters. The minimum atomic E-state index is -5.04. The summed E-state index contributed by atoms with van der Waals surface area (Å²) in [6.07, 6.45) is -5.04. The van der Waals surface area contributed by atoms with E-state index in [1.807, 2.05) is 0 Å². The fourth-order valence-corrected chi connectivity index (χ4v) is 2.43. The van der Waals surface area contributed by atoms with E-state index in [4.69, 9.17) is 4.74 Å². The maximum Gasteiger partial charge on any atom is 0.573 e. The third-order valence-corrected chi connectivity index (χ3v) is 3.76. The summed E-state index contributed by atoms with van der Waals surface area (Å²) in [6, 6.07) is 2.86. The SMILES string of the molecule is COC[C@@H](NC(=O)c1cc(=O)[nH]c(C(C)C)n1)c1ccc(OC(F)(F)F)c(F)c1. The van der Waals surface area contributed by atoms with Crippen molar-refractivity contribution < 1.29 is 31.8 Å². The van der Waals surface area contributed by atoms with Crippen molar-refractivity contribution in [3.8, 4) is 5.75 Å². The zero-order chi connectivity index (χ0) is 21.8. The minimum absolute atomic E-state index is 0.106. The van der Waals surface area contributed by atoms with Crippen molar-refractivity contribution in [2.75, 3.05) is 13.7 Å². The van der Waals surface area contributed by atoms with Gasteiger partial charge in [0, 0.05) is 19.1 Å². The number of alkyl halides is 3. The number of methoxy groups -OCH3 is 1. The van der Waals surface area contributed by atoms with Crippen molar-refractivity contribution in [2.45, 2.75) is 32.2 Å². The van der Waals surface area contributed by atoms with E-state index in [1.54, 1.807) is 13.8 Å². The number of carbonyl (C=O) groups is 1. The second-order valence-corrected chi connectivity index (χ2v) is 6.39. The molecule has 2 rings (SSSR count). The number of hydrogen-bond donors (Lipinski definition) is 2. The number of ether oxygens (including phenoxy) is 2. The topological polar surface area (TPSA) is 93.3 Å². The lowest BCUT2D eigenvalue weighted by atomic mass is 10.1. The summed E-state index contributed by atoms with van der Waals surface area (Å²) in [4.78, 5) is 30.9. The van der Waals surface area contributed by atoms with Crippen LogP contribution in [0, 0.1) is 5.82 Å². The summed E-state index contributed by atoms with van der Waals surface area (Å²) >= 11 is 0. The molecule has 0 aliphatic carbocycles.